The molecule has 3 heteroatoms. The number of rotatable bonds is 3. The van der Waals surface area contributed by atoms with E-state index >= 15 is 0 Å². The molecule has 0 saturated carbocycles. The lowest BCUT2D eigenvalue weighted by molar-refractivity contribution is 0.0405. The number of hydrogen-bond acceptors (Lipinski definition) is 3. The van der Waals surface area contributed by atoms with Crippen molar-refractivity contribution in [1.29, 1.82) is 0 Å². The van der Waals surface area contributed by atoms with Crippen LogP contribution in [0.15, 0.2) is 30.3 Å². The lowest BCUT2D eigenvalue weighted by Gasteiger charge is -2.47. The van der Waals surface area contributed by atoms with Gasteiger partial charge >= 0.3 is 0 Å². The maximum absolute atomic E-state index is 3.74. The summed E-state index contributed by atoms with van der Waals surface area (Å²) in [7, 11) is 2.27. The van der Waals surface area contributed by atoms with Crippen molar-refractivity contribution in [2.45, 2.75) is 44.3 Å². The molecule has 21 heavy (non-hydrogen) atoms. The molecular weight excluding hydrogens is 258 g/mol. The minimum Gasteiger partial charge on any atom is -0.311 e. The number of nitrogens with zero attached hydrogens (tertiary/aromatic N) is 2. The first-order chi connectivity index (χ1) is 10.3. The van der Waals surface area contributed by atoms with E-state index in [2.05, 4.69) is 59.4 Å². The van der Waals surface area contributed by atoms with Crippen LogP contribution in [-0.2, 0) is 0 Å². The molecule has 3 unspecified atom stereocenters. The molecule has 2 heterocycles. The molecule has 1 aromatic carbocycles. The van der Waals surface area contributed by atoms with Crippen molar-refractivity contribution in [3.63, 3.8) is 0 Å². The topological polar surface area (TPSA) is 18.5 Å². The summed E-state index contributed by atoms with van der Waals surface area (Å²) in [6, 6.07) is 12.9. The van der Waals surface area contributed by atoms with E-state index in [9.17, 15) is 0 Å². The molecule has 0 amide bonds. The number of hydrogen-bond donors (Lipinski definition) is 1. The number of likely N-dealkylation sites (N-methyl/N-ethyl adjacent to an activating group) is 1. The van der Waals surface area contributed by atoms with Gasteiger partial charge in [0.25, 0.3) is 0 Å². The predicted octanol–water partition coefficient (Wildman–Crippen LogP) is 2.51. The first kappa shape index (κ1) is 15.0. The van der Waals surface area contributed by atoms with Crippen LogP contribution in [0.2, 0.25) is 0 Å². The molecule has 2 saturated heterocycles. The molecule has 0 radical (unpaired) electrons. The van der Waals surface area contributed by atoms with E-state index in [1.165, 1.54) is 44.5 Å². The van der Waals surface area contributed by atoms with Gasteiger partial charge in [-0.2, -0.15) is 0 Å². The molecule has 3 rings (SSSR count). The molecule has 2 fully saturated rings. The number of piperidine rings is 1. The summed E-state index contributed by atoms with van der Waals surface area (Å²) in [5, 5.41) is 3.74. The second-order valence-electron chi connectivity index (χ2n) is 6.69. The Morgan fingerprint density at radius 1 is 1.19 bits per heavy atom. The molecule has 1 N–H and O–H groups in total. The SMILES string of the molecule is CCC1CN(C2CCCN(C)C2)C(c2ccccc2)CN1. The monoisotopic (exact) mass is 287 g/mol. The normalized spacial score (nSPS) is 32.2. The smallest absolute Gasteiger partial charge is 0.0476 e. The maximum atomic E-state index is 3.74. The van der Waals surface area contributed by atoms with E-state index < -0.39 is 0 Å². The highest BCUT2D eigenvalue weighted by Gasteiger charge is 2.34. The molecule has 3 atom stereocenters. The largest absolute Gasteiger partial charge is 0.311 e. The van der Waals surface area contributed by atoms with E-state index in [-0.39, 0.29) is 0 Å². The number of piperazine rings is 1. The highest BCUT2D eigenvalue weighted by molar-refractivity contribution is 5.20. The highest BCUT2D eigenvalue weighted by Crippen LogP contribution is 2.29. The molecule has 3 nitrogen and oxygen atoms in total. The standard InChI is InChI=1S/C18H29N3/c1-3-16-13-21(17-10-7-11-20(2)14-17)18(12-19-16)15-8-5-4-6-9-15/h4-6,8-9,16-19H,3,7,10-14H2,1-2H3. The Hall–Kier alpha value is -0.900. The van der Waals surface area contributed by atoms with E-state index in [0.29, 0.717) is 18.1 Å². The Morgan fingerprint density at radius 2 is 2.00 bits per heavy atom. The van der Waals surface area contributed by atoms with Gasteiger partial charge in [-0.15, -0.1) is 0 Å². The average molecular weight is 287 g/mol. The lowest BCUT2D eigenvalue weighted by Crippen LogP contribution is -2.58. The fourth-order valence-corrected chi connectivity index (χ4v) is 3.91. The zero-order valence-electron chi connectivity index (χ0n) is 13.5. The fourth-order valence-electron chi connectivity index (χ4n) is 3.91. The van der Waals surface area contributed by atoms with Crippen LogP contribution < -0.4 is 5.32 Å². The van der Waals surface area contributed by atoms with E-state index in [0.717, 1.165) is 6.54 Å². The number of likely N-dealkylation sites (tertiary alicyclic amines) is 1. The lowest BCUT2D eigenvalue weighted by atomic mass is 9.95. The molecular formula is C18H29N3. The summed E-state index contributed by atoms with van der Waals surface area (Å²) in [6.45, 7) is 7.05. The van der Waals surface area contributed by atoms with Crippen molar-refractivity contribution >= 4 is 0 Å². The Bertz CT molecular complexity index is 433. The Labute approximate surface area is 129 Å². The summed E-state index contributed by atoms with van der Waals surface area (Å²) in [6.07, 6.45) is 3.91. The molecule has 0 aliphatic carbocycles. The fraction of sp³-hybridized carbons (Fsp3) is 0.667. The summed E-state index contributed by atoms with van der Waals surface area (Å²) in [4.78, 5) is 5.29. The van der Waals surface area contributed by atoms with Crippen LogP contribution in [0.3, 0.4) is 0 Å². The zero-order chi connectivity index (χ0) is 14.7. The number of benzene rings is 1. The van der Waals surface area contributed by atoms with Crippen LogP contribution in [0, 0.1) is 0 Å². The van der Waals surface area contributed by atoms with Crippen LogP contribution in [0.25, 0.3) is 0 Å². The van der Waals surface area contributed by atoms with Crippen molar-refractivity contribution in [3.05, 3.63) is 35.9 Å². The van der Waals surface area contributed by atoms with Crippen LogP contribution in [-0.4, -0.2) is 55.1 Å². The average Bonchev–Trinajstić information content (AvgIpc) is 2.55. The molecule has 1 aromatic rings. The Balaban J connectivity index is 1.80. The molecule has 2 aliphatic rings. The summed E-state index contributed by atoms with van der Waals surface area (Å²) in [5.74, 6) is 0. The van der Waals surface area contributed by atoms with Gasteiger partial charge in [-0.25, -0.2) is 0 Å². The van der Waals surface area contributed by atoms with Gasteiger partial charge in [-0.05, 0) is 38.4 Å². The second-order valence-corrected chi connectivity index (χ2v) is 6.69. The van der Waals surface area contributed by atoms with Gasteiger partial charge in [0.05, 0.1) is 0 Å². The number of nitrogens with one attached hydrogen (secondary N) is 1. The third-order valence-electron chi connectivity index (χ3n) is 5.18. The second kappa shape index (κ2) is 6.91. The van der Waals surface area contributed by atoms with Gasteiger partial charge in [0, 0.05) is 37.8 Å². The summed E-state index contributed by atoms with van der Waals surface area (Å²) in [5.41, 5.74) is 1.47. The molecule has 0 spiro atoms. The van der Waals surface area contributed by atoms with Gasteiger partial charge in [-0.3, -0.25) is 4.90 Å². The molecule has 116 valence electrons. The van der Waals surface area contributed by atoms with Gasteiger partial charge in [0.1, 0.15) is 0 Å². The minimum absolute atomic E-state index is 0.533. The van der Waals surface area contributed by atoms with Crippen LogP contribution in [0.1, 0.15) is 37.8 Å². The Kier molecular flexibility index (Phi) is 4.94. The van der Waals surface area contributed by atoms with E-state index in [1.54, 1.807) is 0 Å². The first-order valence-electron chi connectivity index (χ1n) is 8.50. The molecule has 0 bridgehead atoms. The van der Waals surface area contributed by atoms with E-state index in [4.69, 9.17) is 0 Å². The minimum atomic E-state index is 0.533. The van der Waals surface area contributed by atoms with Crippen molar-refractivity contribution in [2.75, 3.05) is 33.2 Å². The van der Waals surface area contributed by atoms with Gasteiger partial charge in [0.15, 0.2) is 0 Å². The van der Waals surface area contributed by atoms with Gasteiger partial charge < -0.3 is 10.2 Å². The molecule has 2 aliphatic heterocycles. The zero-order valence-corrected chi connectivity index (χ0v) is 13.5. The van der Waals surface area contributed by atoms with Crippen molar-refractivity contribution < 1.29 is 0 Å². The van der Waals surface area contributed by atoms with Gasteiger partial charge in [0.2, 0.25) is 0 Å². The third-order valence-corrected chi connectivity index (χ3v) is 5.18. The predicted molar refractivity (Wildman–Crippen MR) is 88.5 cm³/mol. The van der Waals surface area contributed by atoms with E-state index in [1.807, 2.05) is 0 Å². The first-order valence-corrected chi connectivity index (χ1v) is 8.50. The van der Waals surface area contributed by atoms with Crippen molar-refractivity contribution in [2.24, 2.45) is 0 Å². The maximum Gasteiger partial charge on any atom is 0.0476 e. The summed E-state index contributed by atoms with van der Waals surface area (Å²) < 4.78 is 0. The molecule has 0 aromatic heterocycles. The van der Waals surface area contributed by atoms with Crippen molar-refractivity contribution in [1.82, 2.24) is 15.1 Å². The summed E-state index contributed by atoms with van der Waals surface area (Å²) >= 11 is 0. The van der Waals surface area contributed by atoms with Crippen LogP contribution in [0.5, 0.6) is 0 Å². The quantitative estimate of drug-likeness (QED) is 0.921. The van der Waals surface area contributed by atoms with Gasteiger partial charge in [-0.1, -0.05) is 37.3 Å². The Morgan fingerprint density at radius 3 is 2.71 bits per heavy atom. The highest BCUT2D eigenvalue weighted by atomic mass is 15.3. The van der Waals surface area contributed by atoms with Crippen molar-refractivity contribution in [3.8, 4) is 0 Å². The van der Waals surface area contributed by atoms with Crippen LogP contribution in [0.4, 0.5) is 0 Å². The van der Waals surface area contributed by atoms with Crippen LogP contribution >= 0.6 is 0 Å². The third kappa shape index (κ3) is 3.47.